The maximum Gasteiger partial charge on any atom is 0.0689 e. The molecule has 2 unspecified atom stereocenters. The molecule has 0 bridgehead atoms. The summed E-state index contributed by atoms with van der Waals surface area (Å²) in [5.41, 5.74) is 3.94. The predicted octanol–water partition coefficient (Wildman–Crippen LogP) is 1.43. The molecule has 3 heteroatoms. The SMILES string of the molecule is Cc1cc(C)c(C2(C)CNCC(C)N2)[nH]1. The maximum absolute atomic E-state index is 3.67. The monoisotopic (exact) mass is 207 g/mol. The zero-order valence-corrected chi connectivity index (χ0v) is 10.1. The second-order valence-electron chi connectivity index (χ2n) is 5.02. The molecule has 0 saturated carbocycles. The third kappa shape index (κ3) is 1.94. The van der Waals surface area contributed by atoms with Crippen molar-refractivity contribution in [3.63, 3.8) is 0 Å². The average Bonchev–Trinajstić information content (AvgIpc) is 2.45. The van der Waals surface area contributed by atoms with Crippen LogP contribution >= 0.6 is 0 Å². The van der Waals surface area contributed by atoms with Gasteiger partial charge in [0.2, 0.25) is 0 Å². The molecular weight excluding hydrogens is 186 g/mol. The zero-order valence-electron chi connectivity index (χ0n) is 10.1. The fourth-order valence-corrected chi connectivity index (χ4v) is 2.65. The molecule has 84 valence electrons. The summed E-state index contributed by atoms with van der Waals surface area (Å²) in [7, 11) is 0. The minimum Gasteiger partial charge on any atom is -0.361 e. The molecule has 2 atom stereocenters. The van der Waals surface area contributed by atoms with Gasteiger partial charge in [0.25, 0.3) is 0 Å². The van der Waals surface area contributed by atoms with E-state index in [4.69, 9.17) is 0 Å². The lowest BCUT2D eigenvalue weighted by atomic mass is 9.92. The van der Waals surface area contributed by atoms with Gasteiger partial charge in [-0.1, -0.05) is 0 Å². The zero-order chi connectivity index (χ0) is 11.1. The van der Waals surface area contributed by atoms with Crippen LogP contribution < -0.4 is 10.6 Å². The normalized spacial score (nSPS) is 31.9. The lowest BCUT2D eigenvalue weighted by molar-refractivity contribution is 0.249. The fourth-order valence-electron chi connectivity index (χ4n) is 2.65. The van der Waals surface area contributed by atoms with E-state index < -0.39 is 0 Å². The summed E-state index contributed by atoms with van der Waals surface area (Å²) in [4.78, 5) is 3.47. The van der Waals surface area contributed by atoms with Gasteiger partial charge in [-0.25, -0.2) is 0 Å². The summed E-state index contributed by atoms with van der Waals surface area (Å²) in [6, 6.07) is 2.73. The molecular formula is C12H21N3. The molecule has 1 saturated heterocycles. The Labute approximate surface area is 91.7 Å². The van der Waals surface area contributed by atoms with Gasteiger partial charge in [-0.05, 0) is 39.3 Å². The van der Waals surface area contributed by atoms with Crippen LogP contribution in [0.25, 0.3) is 0 Å². The van der Waals surface area contributed by atoms with Crippen LogP contribution in [0.1, 0.15) is 30.8 Å². The van der Waals surface area contributed by atoms with Crippen LogP contribution in [0.3, 0.4) is 0 Å². The molecule has 3 nitrogen and oxygen atoms in total. The van der Waals surface area contributed by atoms with Crippen molar-refractivity contribution in [3.05, 3.63) is 23.0 Å². The van der Waals surface area contributed by atoms with Gasteiger partial charge in [0.05, 0.1) is 5.54 Å². The quantitative estimate of drug-likeness (QED) is 0.652. The summed E-state index contributed by atoms with van der Waals surface area (Å²) in [6.07, 6.45) is 0. The molecule has 0 radical (unpaired) electrons. The molecule has 1 aromatic rings. The van der Waals surface area contributed by atoms with E-state index in [2.05, 4.69) is 49.4 Å². The van der Waals surface area contributed by atoms with Gasteiger partial charge in [0, 0.05) is 30.5 Å². The molecule has 0 amide bonds. The number of aromatic amines is 1. The van der Waals surface area contributed by atoms with Crippen LogP contribution in [0.2, 0.25) is 0 Å². The average molecular weight is 207 g/mol. The lowest BCUT2D eigenvalue weighted by Crippen LogP contribution is -2.59. The van der Waals surface area contributed by atoms with Crippen molar-refractivity contribution < 1.29 is 0 Å². The number of hydrogen-bond acceptors (Lipinski definition) is 2. The molecule has 1 aliphatic rings. The third-order valence-electron chi connectivity index (χ3n) is 3.20. The van der Waals surface area contributed by atoms with E-state index in [1.807, 2.05) is 0 Å². The molecule has 0 spiro atoms. The highest BCUT2D eigenvalue weighted by Crippen LogP contribution is 2.25. The van der Waals surface area contributed by atoms with E-state index >= 15 is 0 Å². The van der Waals surface area contributed by atoms with Gasteiger partial charge in [-0.3, -0.25) is 0 Å². The summed E-state index contributed by atoms with van der Waals surface area (Å²) in [6.45, 7) is 10.8. The van der Waals surface area contributed by atoms with Crippen LogP contribution in [0.15, 0.2) is 6.07 Å². The van der Waals surface area contributed by atoms with E-state index in [-0.39, 0.29) is 5.54 Å². The summed E-state index contributed by atoms with van der Waals surface area (Å²) >= 11 is 0. The third-order valence-corrected chi connectivity index (χ3v) is 3.20. The van der Waals surface area contributed by atoms with Crippen molar-refractivity contribution in [2.45, 2.75) is 39.3 Å². The Bertz CT molecular complexity index is 356. The van der Waals surface area contributed by atoms with Crippen molar-refractivity contribution in [2.75, 3.05) is 13.1 Å². The first-order valence-electron chi connectivity index (χ1n) is 5.66. The topological polar surface area (TPSA) is 39.8 Å². The Morgan fingerprint density at radius 3 is 2.67 bits per heavy atom. The standard InChI is InChI=1S/C12H21N3/c1-8-5-9(2)14-11(8)12(4)7-13-6-10(3)15-12/h5,10,13-15H,6-7H2,1-4H3. The van der Waals surface area contributed by atoms with Crippen LogP contribution in [0, 0.1) is 13.8 Å². The second-order valence-corrected chi connectivity index (χ2v) is 5.02. The van der Waals surface area contributed by atoms with Gasteiger partial charge >= 0.3 is 0 Å². The highest BCUT2D eigenvalue weighted by molar-refractivity contribution is 5.30. The molecule has 15 heavy (non-hydrogen) atoms. The number of aryl methyl sites for hydroxylation is 2. The fraction of sp³-hybridized carbons (Fsp3) is 0.667. The number of aromatic nitrogens is 1. The predicted molar refractivity (Wildman–Crippen MR) is 63.1 cm³/mol. The van der Waals surface area contributed by atoms with Crippen molar-refractivity contribution in [1.29, 1.82) is 0 Å². The number of nitrogens with one attached hydrogen (secondary N) is 3. The number of piperazine rings is 1. The summed E-state index contributed by atoms with van der Waals surface area (Å²) < 4.78 is 0. The van der Waals surface area contributed by atoms with Crippen molar-refractivity contribution in [2.24, 2.45) is 0 Å². The molecule has 2 rings (SSSR count). The molecule has 2 heterocycles. The maximum atomic E-state index is 3.67. The van der Waals surface area contributed by atoms with Crippen molar-refractivity contribution in [1.82, 2.24) is 15.6 Å². The molecule has 0 aromatic carbocycles. The van der Waals surface area contributed by atoms with Crippen molar-refractivity contribution in [3.8, 4) is 0 Å². The molecule has 1 aliphatic heterocycles. The van der Waals surface area contributed by atoms with E-state index in [1.54, 1.807) is 0 Å². The van der Waals surface area contributed by atoms with Gasteiger partial charge in [-0.2, -0.15) is 0 Å². The van der Waals surface area contributed by atoms with Gasteiger partial charge in [0.15, 0.2) is 0 Å². The van der Waals surface area contributed by atoms with Crippen LogP contribution in [0.4, 0.5) is 0 Å². The summed E-state index contributed by atoms with van der Waals surface area (Å²) in [5, 5.41) is 7.15. The highest BCUT2D eigenvalue weighted by Gasteiger charge is 2.33. The van der Waals surface area contributed by atoms with Gasteiger partial charge in [-0.15, -0.1) is 0 Å². The first kappa shape index (κ1) is 10.7. The molecule has 0 aliphatic carbocycles. The minimum atomic E-state index is 0.0377. The minimum absolute atomic E-state index is 0.0377. The Kier molecular flexibility index (Phi) is 2.61. The van der Waals surface area contributed by atoms with E-state index in [0.29, 0.717) is 6.04 Å². The van der Waals surface area contributed by atoms with Crippen molar-refractivity contribution >= 4 is 0 Å². The Hall–Kier alpha value is -0.800. The van der Waals surface area contributed by atoms with E-state index in [9.17, 15) is 0 Å². The number of rotatable bonds is 1. The van der Waals surface area contributed by atoms with Crippen LogP contribution in [0.5, 0.6) is 0 Å². The Morgan fingerprint density at radius 2 is 2.13 bits per heavy atom. The lowest BCUT2D eigenvalue weighted by Gasteiger charge is -2.39. The van der Waals surface area contributed by atoms with Crippen LogP contribution in [-0.2, 0) is 5.54 Å². The molecule has 1 aromatic heterocycles. The Balaban J connectivity index is 2.31. The molecule has 3 N–H and O–H groups in total. The largest absolute Gasteiger partial charge is 0.361 e. The molecule has 1 fully saturated rings. The second kappa shape index (κ2) is 3.65. The van der Waals surface area contributed by atoms with Crippen LogP contribution in [-0.4, -0.2) is 24.1 Å². The first-order valence-corrected chi connectivity index (χ1v) is 5.66. The highest BCUT2D eigenvalue weighted by atomic mass is 15.1. The number of hydrogen-bond donors (Lipinski definition) is 3. The van der Waals surface area contributed by atoms with Gasteiger partial charge < -0.3 is 15.6 Å². The van der Waals surface area contributed by atoms with Gasteiger partial charge in [0.1, 0.15) is 0 Å². The van der Waals surface area contributed by atoms with E-state index in [1.165, 1.54) is 17.0 Å². The first-order chi connectivity index (χ1) is 7.01. The Morgan fingerprint density at radius 1 is 1.40 bits per heavy atom. The smallest absolute Gasteiger partial charge is 0.0689 e. The van der Waals surface area contributed by atoms with E-state index in [0.717, 1.165) is 13.1 Å². The summed E-state index contributed by atoms with van der Waals surface area (Å²) in [5.74, 6) is 0. The number of H-pyrrole nitrogens is 1.